The molecule has 1 heterocycles. The molecule has 0 aliphatic carbocycles. The zero-order valence-corrected chi connectivity index (χ0v) is 11.4. The zero-order chi connectivity index (χ0) is 14.8. The number of aromatic nitrogens is 2. The number of rotatable bonds is 2. The molecule has 0 saturated carbocycles. The van der Waals surface area contributed by atoms with E-state index in [1.165, 1.54) is 0 Å². The Morgan fingerprint density at radius 3 is 2.24 bits per heavy atom. The van der Waals surface area contributed by atoms with Crippen molar-refractivity contribution in [2.75, 3.05) is 0 Å². The molecule has 0 aliphatic heterocycles. The molecule has 0 radical (unpaired) electrons. The van der Waals surface area contributed by atoms with Gasteiger partial charge < -0.3 is 4.42 Å². The van der Waals surface area contributed by atoms with Crippen LogP contribution < -0.4 is 11.4 Å². The highest BCUT2D eigenvalue weighted by Gasteiger charge is 2.11. The minimum absolute atomic E-state index is 0.0335. The van der Waals surface area contributed by atoms with Crippen molar-refractivity contribution in [1.82, 2.24) is 9.55 Å². The molecule has 6 heteroatoms. The van der Waals surface area contributed by atoms with Gasteiger partial charge >= 0.3 is 11.4 Å². The summed E-state index contributed by atoms with van der Waals surface area (Å²) < 4.78 is 6.00. The topological polar surface area (TPSA) is 65.1 Å². The van der Waals surface area contributed by atoms with Gasteiger partial charge in [-0.1, -0.05) is 29.8 Å². The van der Waals surface area contributed by atoms with E-state index >= 15 is 0 Å². The van der Waals surface area contributed by atoms with E-state index in [0.717, 1.165) is 4.57 Å². The predicted octanol–water partition coefficient (Wildman–Crippen LogP) is 2.51. The third-order valence-electron chi connectivity index (χ3n) is 2.86. The van der Waals surface area contributed by atoms with Gasteiger partial charge in [0.25, 0.3) is 0 Å². The van der Waals surface area contributed by atoms with Crippen LogP contribution in [0.4, 0.5) is 0 Å². The smallest absolute Gasteiger partial charge is 0.390 e. The molecule has 2 aromatic carbocycles. The molecule has 0 unspecified atom stereocenters. The van der Waals surface area contributed by atoms with Crippen LogP contribution in [0.25, 0.3) is 17.1 Å². The maximum Gasteiger partial charge on any atom is 0.429 e. The Morgan fingerprint density at radius 2 is 1.62 bits per heavy atom. The van der Waals surface area contributed by atoms with Crippen LogP contribution in [0.3, 0.4) is 0 Å². The van der Waals surface area contributed by atoms with Crippen LogP contribution >= 0.6 is 11.6 Å². The van der Waals surface area contributed by atoms with Crippen molar-refractivity contribution in [3.8, 4) is 17.1 Å². The Balaban J connectivity index is 2.15. The average Bonchev–Trinajstić information content (AvgIpc) is 2.48. The maximum atomic E-state index is 12.1. The second-order valence-electron chi connectivity index (χ2n) is 4.25. The first-order chi connectivity index (χ1) is 10.1. The Hall–Kier alpha value is -2.66. The summed E-state index contributed by atoms with van der Waals surface area (Å²) in [5.41, 5.74) is 0.225. The summed E-state index contributed by atoms with van der Waals surface area (Å²) in [6, 6.07) is 15.0. The summed E-state index contributed by atoms with van der Waals surface area (Å²) in [5, 5.41) is 0.540. The first-order valence-corrected chi connectivity index (χ1v) is 6.48. The molecule has 5 nitrogen and oxygen atoms in total. The Kier molecular flexibility index (Phi) is 3.41. The Morgan fingerprint density at radius 1 is 0.952 bits per heavy atom. The zero-order valence-electron chi connectivity index (χ0n) is 10.7. The minimum atomic E-state index is -0.786. The summed E-state index contributed by atoms with van der Waals surface area (Å²) in [4.78, 5) is 27.9. The van der Waals surface area contributed by atoms with Gasteiger partial charge in [-0.05, 0) is 36.4 Å². The molecule has 0 fully saturated rings. The second kappa shape index (κ2) is 5.38. The molecule has 0 saturated heterocycles. The van der Waals surface area contributed by atoms with Gasteiger partial charge in [-0.3, -0.25) is 0 Å². The van der Waals surface area contributed by atoms with E-state index < -0.39 is 11.4 Å². The molecular formula is C15H9ClN2O3. The third-order valence-corrected chi connectivity index (χ3v) is 3.11. The number of benzene rings is 2. The number of hydrogen-bond donors (Lipinski definition) is 0. The molecular weight excluding hydrogens is 292 g/mol. The minimum Gasteiger partial charge on any atom is -0.390 e. The van der Waals surface area contributed by atoms with Crippen molar-refractivity contribution >= 4 is 11.6 Å². The first kappa shape index (κ1) is 13.3. The lowest BCUT2D eigenvalue weighted by atomic mass is 10.2. The quantitative estimate of drug-likeness (QED) is 0.729. The monoisotopic (exact) mass is 300 g/mol. The maximum absolute atomic E-state index is 12.1. The lowest BCUT2D eigenvalue weighted by molar-refractivity contribution is 0.448. The molecule has 0 amide bonds. The molecule has 0 atom stereocenters. The number of para-hydroxylation sites is 1. The molecule has 3 aromatic rings. The predicted molar refractivity (Wildman–Crippen MR) is 78.8 cm³/mol. The van der Waals surface area contributed by atoms with Gasteiger partial charge in [0.2, 0.25) is 5.89 Å². The fraction of sp³-hybridized carbons (Fsp3) is 0. The van der Waals surface area contributed by atoms with Gasteiger partial charge in [0, 0.05) is 10.6 Å². The van der Waals surface area contributed by atoms with Crippen LogP contribution in [0.2, 0.25) is 5.02 Å². The van der Waals surface area contributed by atoms with E-state index in [2.05, 4.69) is 4.98 Å². The van der Waals surface area contributed by atoms with Gasteiger partial charge in [0.05, 0.1) is 5.69 Å². The summed E-state index contributed by atoms with van der Waals surface area (Å²) in [7, 11) is 0. The highest BCUT2D eigenvalue weighted by molar-refractivity contribution is 6.30. The largest absolute Gasteiger partial charge is 0.429 e. The number of hydrogen-bond acceptors (Lipinski definition) is 4. The van der Waals surface area contributed by atoms with E-state index in [1.807, 2.05) is 0 Å². The summed E-state index contributed by atoms with van der Waals surface area (Å²) in [6.07, 6.45) is 0. The molecule has 1 aromatic heterocycles. The molecule has 0 bridgehead atoms. The van der Waals surface area contributed by atoms with E-state index in [-0.39, 0.29) is 5.89 Å². The lowest BCUT2D eigenvalue weighted by Crippen LogP contribution is -2.33. The van der Waals surface area contributed by atoms with Gasteiger partial charge in [0.15, 0.2) is 0 Å². The summed E-state index contributed by atoms with van der Waals surface area (Å²) in [6.45, 7) is 0. The second-order valence-corrected chi connectivity index (χ2v) is 4.68. The average molecular weight is 301 g/mol. The van der Waals surface area contributed by atoms with Crippen molar-refractivity contribution in [2.45, 2.75) is 0 Å². The van der Waals surface area contributed by atoms with Gasteiger partial charge in [-0.2, -0.15) is 9.55 Å². The molecule has 0 N–H and O–H groups in total. The van der Waals surface area contributed by atoms with Crippen LogP contribution in [-0.4, -0.2) is 9.55 Å². The van der Waals surface area contributed by atoms with Crippen molar-refractivity contribution in [3.05, 3.63) is 80.7 Å². The van der Waals surface area contributed by atoms with Crippen LogP contribution in [0.1, 0.15) is 0 Å². The van der Waals surface area contributed by atoms with Crippen molar-refractivity contribution in [3.63, 3.8) is 0 Å². The SMILES string of the molecule is O=c1nc(-c2ccc(Cl)cc2)oc(=O)n1-c1ccccc1. The molecule has 0 spiro atoms. The van der Waals surface area contributed by atoms with E-state index in [0.29, 0.717) is 16.3 Å². The molecule has 21 heavy (non-hydrogen) atoms. The van der Waals surface area contributed by atoms with Crippen LogP contribution in [0.15, 0.2) is 68.6 Å². The van der Waals surface area contributed by atoms with Crippen LogP contribution in [-0.2, 0) is 0 Å². The van der Waals surface area contributed by atoms with E-state index in [4.69, 9.17) is 16.0 Å². The number of nitrogens with zero attached hydrogens (tertiary/aromatic N) is 2. The standard InChI is InChI=1S/C15H9ClN2O3/c16-11-8-6-10(7-9-11)13-17-14(19)18(15(20)21-13)12-4-2-1-3-5-12/h1-9H. The fourth-order valence-electron chi connectivity index (χ4n) is 1.87. The molecule has 3 rings (SSSR count). The summed E-state index contributed by atoms with van der Waals surface area (Å²) >= 11 is 5.79. The highest BCUT2D eigenvalue weighted by atomic mass is 35.5. The molecule has 0 aliphatic rings. The van der Waals surface area contributed by atoms with E-state index in [1.54, 1.807) is 54.6 Å². The van der Waals surface area contributed by atoms with E-state index in [9.17, 15) is 9.59 Å². The normalized spacial score (nSPS) is 10.5. The van der Waals surface area contributed by atoms with Crippen molar-refractivity contribution < 1.29 is 4.42 Å². The van der Waals surface area contributed by atoms with Crippen molar-refractivity contribution in [2.24, 2.45) is 0 Å². The molecule has 104 valence electrons. The first-order valence-electron chi connectivity index (χ1n) is 6.11. The Bertz CT molecular complexity index is 852. The van der Waals surface area contributed by atoms with Crippen LogP contribution in [0.5, 0.6) is 0 Å². The number of halogens is 1. The lowest BCUT2D eigenvalue weighted by Gasteiger charge is -2.04. The van der Waals surface area contributed by atoms with Crippen molar-refractivity contribution in [1.29, 1.82) is 0 Å². The highest BCUT2D eigenvalue weighted by Crippen LogP contribution is 2.17. The summed E-state index contributed by atoms with van der Waals surface area (Å²) in [5.74, 6) is -0.819. The fourth-order valence-corrected chi connectivity index (χ4v) is 2.00. The van der Waals surface area contributed by atoms with Crippen LogP contribution in [0, 0.1) is 0 Å². The third kappa shape index (κ3) is 2.64. The van der Waals surface area contributed by atoms with Gasteiger partial charge in [-0.25, -0.2) is 9.59 Å². The Labute approximate surface area is 124 Å². The van der Waals surface area contributed by atoms with Gasteiger partial charge in [0.1, 0.15) is 0 Å². The van der Waals surface area contributed by atoms with Gasteiger partial charge in [-0.15, -0.1) is 0 Å².